The molecular weight excluding hydrogens is 247 g/mol. The Bertz CT molecular complexity index is 405. The predicted molar refractivity (Wildman–Crippen MR) is 62.7 cm³/mol. The molecule has 100 valence electrons. The molecule has 2 N–H and O–H groups in total. The fourth-order valence-electron chi connectivity index (χ4n) is 1.35. The number of hydrogen-bond donors (Lipinski definition) is 2. The molecule has 0 saturated heterocycles. The Kier molecular flexibility index (Phi) is 5.03. The summed E-state index contributed by atoms with van der Waals surface area (Å²) < 4.78 is 43.4. The zero-order valence-electron chi connectivity index (χ0n) is 9.63. The molecule has 0 spiro atoms. The molecule has 6 heteroatoms. The largest absolute Gasteiger partial charge is 0.491 e. The Hall–Kier alpha value is -1.69. The van der Waals surface area contributed by atoms with Gasteiger partial charge in [-0.05, 0) is 18.2 Å². The summed E-state index contributed by atoms with van der Waals surface area (Å²) in [4.78, 5) is 0. The van der Waals surface area contributed by atoms with Crippen LogP contribution in [0, 0.1) is 0 Å². The first-order chi connectivity index (χ1) is 8.49. The van der Waals surface area contributed by atoms with Crippen molar-refractivity contribution < 1.29 is 23.0 Å². The summed E-state index contributed by atoms with van der Waals surface area (Å²) in [6, 6.07) is 3.61. The van der Waals surface area contributed by atoms with E-state index in [4.69, 9.17) is 9.84 Å². The van der Waals surface area contributed by atoms with Crippen molar-refractivity contribution >= 4 is 5.69 Å². The summed E-state index contributed by atoms with van der Waals surface area (Å²) in [5, 5.41) is 11.2. The standard InChI is InChI=1S/C12H14F3NO2/c1-2-5-16-11-4-3-9(18-7-6-17)8-10(11)12(13,14)15/h2-4,8,16-17H,1,5-7H2. The van der Waals surface area contributed by atoms with Crippen LogP contribution in [0.3, 0.4) is 0 Å². The summed E-state index contributed by atoms with van der Waals surface area (Å²) in [5.41, 5.74) is -0.835. The lowest BCUT2D eigenvalue weighted by atomic mass is 10.1. The van der Waals surface area contributed by atoms with Gasteiger partial charge in [0.25, 0.3) is 0 Å². The van der Waals surface area contributed by atoms with Crippen molar-refractivity contribution in [3.63, 3.8) is 0 Å². The summed E-state index contributed by atoms with van der Waals surface area (Å²) in [7, 11) is 0. The molecule has 0 fully saturated rings. The van der Waals surface area contributed by atoms with Gasteiger partial charge >= 0.3 is 6.18 Å². The van der Waals surface area contributed by atoms with Gasteiger partial charge in [0.1, 0.15) is 12.4 Å². The SMILES string of the molecule is C=CCNc1ccc(OCCO)cc1C(F)(F)F. The Morgan fingerprint density at radius 1 is 1.39 bits per heavy atom. The van der Waals surface area contributed by atoms with Crippen molar-refractivity contribution in [1.82, 2.24) is 0 Å². The van der Waals surface area contributed by atoms with Crippen molar-refractivity contribution in [3.8, 4) is 5.75 Å². The number of alkyl halides is 3. The van der Waals surface area contributed by atoms with Crippen molar-refractivity contribution in [2.75, 3.05) is 25.1 Å². The lowest BCUT2D eigenvalue weighted by molar-refractivity contribution is -0.137. The van der Waals surface area contributed by atoms with Crippen LogP contribution in [0.15, 0.2) is 30.9 Å². The Morgan fingerprint density at radius 2 is 2.11 bits per heavy atom. The van der Waals surface area contributed by atoms with Gasteiger partial charge in [0.2, 0.25) is 0 Å². The van der Waals surface area contributed by atoms with Gasteiger partial charge in [0.05, 0.1) is 12.2 Å². The van der Waals surface area contributed by atoms with E-state index in [1.807, 2.05) is 0 Å². The molecule has 1 rings (SSSR count). The number of aliphatic hydroxyl groups excluding tert-OH is 1. The van der Waals surface area contributed by atoms with Crippen molar-refractivity contribution in [3.05, 3.63) is 36.4 Å². The van der Waals surface area contributed by atoms with E-state index in [1.54, 1.807) is 0 Å². The zero-order chi connectivity index (χ0) is 13.6. The summed E-state index contributed by atoms with van der Waals surface area (Å²) in [6.45, 7) is 3.37. The Labute approximate surface area is 103 Å². The zero-order valence-corrected chi connectivity index (χ0v) is 9.63. The van der Waals surface area contributed by atoms with Crippen molar-refractivity contribution in [2.45, 2.75) is 6.18 Å². The maximum atomic E-state index is 12.8. The van der Waals surface area contributed by atoms with E-state index in [1.165, 1.54) is 18.2 Å². The molecule has 18 heavy (non-hydrogen) atoms. The number of hydrogen-bond acceptors (Lipinski definition) is 3. The predicted octanol–water partition coefficient (Wildman–Crippen LogP) is 2.67. The first kappa shape index (κ1) is 14.4. The van der Waals surface area contributed by atoms with Gasteiger partial charge in [-0.2, -0.15) is 13.2 Å². The molecule has 0 atom stereocenters. The third kappa shape index (κ3) is 3.96. The lowest BCUT2D eigenvalue weighted by Crippen LogP contribution is -2.12. The van der Waals surface area contributed by atoms with Gasteiger partial charge in [-0.15, -0.1) is 6.58 Å². The quantitative estimate of drug-likeness (QED) is 0.773. The lowest BCUT2D eigenvalue weighted by Gasteiger charge is -2.15. The number of halogens is 3. The van der Waals surface area contributed by atoms with Gasteiger partial charge in [0.15, 0.2) is 0 Å². The molecule has 0 aliphatic carbocycles. The Morgan fingerprint density at radius 3 is 2.67 bits per heavy atom. The van der Waals surface area contributed by atoms with Crippen LogP contribution in [0.5, 0.6) is 5.75 Å². The monoisotopic (exact) mass is 261 g/mol. The van der Waals surface area contributed by atoms with Gasteiger partial charge in [-0.1, -0.05) is 6.08 Å². The molecule has 1 aromatic rings. The highest BCUT2D eigenvalue weighted by Gasteiger charge is 2.33. The molecule has 1 aromatic carbocycles. The van der Waals surface area contributed by atoms with Crippen LogP contribution in [0.2, 0.25) is 0 Å². The van der Waals surface area contributed by atoms with Crippen LogP contribution in [-0.4, -0.2) is 24.9 Å². The number of ether oxygens (including phenoxy) is 1. The summed E-state index contributed by atoms with van der Waals surface area (Å²) >= 11 is 0. The second-order valence-corrected chi connectivity index (χ2v) is 3.45. The van der Waals surface area contributed by atoms with Crippen molar-refractivity contribution in [1.29, 1.82) is 0 Å². The van der Waals surface area contributed by atoms with Crippen LogP contribution < -0.4 is 10.1 Å². The minimum atomic E-state index is -4.47. The van der Waals surface area contributed by atoms with Crippen LogP contribution in [0.4, 0.5) is 18.9 Å². The highest BCUT2D eigenvalue weighted by molar-refractivity contribution is 5.56. The molecule has 3 nitrogen and oxygen atoms in total. The highest BCUT2D eigenvalue weighted by atomic mass is 19.4. The maximum Gasteiger partial charge on any atom is 0.418 e. The van der Waals surface area contributed by atoms with E-state index in [0.717, 1.165) is 6.07 Å². The number of aliphatic hydroxyl groups is 1. The van der Waals surface area contributed by atoms with Crippen LogP contribution in [0.25, 0.3) is 0 Å². The summed E-state index contributed by atoms with van der Waals surface area (Å²) in [6.07, 6.45) is -3.00. The normalized spacial score (nSPS) is 11.1. The Balaban J connectivity index is 3.00. The van der Waals surface area contributed by atoms with E-state index in [0.29, 0.717) is 0 Å². The minimum absolute atomic E-state index is 0.0289. The van der Waals surface area contributed by atoms with Gasteiger partial charge in [-0.25, -0.2) is 0 Å². The van der Waals surface area contributed by atoms with Gasteiger partial charge in [-0.3, -0.25) is 0 Å². The second kappa shape index (κ2) is 6.30. The van der Waals surface area contributed by atoms with E-state index in [-0.39, 0.29) is 31.2 Å². The average Bonchev–Trinajstić information content (AvgIpc) is 2.33. The second-order valence-electron chi connectivity index (χ2n) is 3.45. The molecule has 0 saturated carbocycles. The molecule has 0 amide bonds. The molecule has 0 aliphatic heterocycles. The number of nitrogens with one attached hydrogen (secondary N) is 1. The number of rotatable bonds is 6. The minimum Gasteiger partial charge on any atom is -0.491 e. The molecule has 0 unspecified atom stereocenters. The van der Waals surface area contributed by atoms with Crippen LogP contribution in [0.1, 0.15) is 5.56 Å². The third-order valence-corrected chi connectivity index (χ3v) is 2.09. The first-order valence-electron chi connectivity index (χ1n) is 5.28. The highest BCUT2D eigenvalue weighted by Crippen LogP contribution is 2.37. The van der Waals surface area contributed by atoms with Crippen LogP contribution in [-0.2, 0) is 6.18 Å². The maximum absolute atomic E-state index is 12.8. The first-order valence-corrected chi connectivity index (χ1v) is 5.28. The third-order valence-electron chi connectivity index (χ3n) is 2.09. The van der Waals surface area contributed by atoms with E-state index in [2.05, 4.69) is 11.9 Å². The molecule has 0 aliphatic rings. The fourth-order valence-corrected chi connectivity index (χ4v) is 1.35. The fraction of sp³-hybridized carbons (Fsp3) is 0.333. The summed E-state index contributed by atoms with van der Waals surface area (Å²) in [5.74, 6) is 0.0699. The molecule has 0 bridgehead atoms. The number of benzene rings is 1. The van der Waals surface area contributed by atoms with E-state index < -0.39 is 11.7 Å². The smallest absolute Gasteiger partial charge is 0.418 e. The van der Waals surface area contributed by atoms with Gasteiger partial charge in [0, 0.05) is 12.2 Å². The van der Waals surface area contributed by atoms with E-state index >= 15 is 0 Å². The average molecular weight is 261 g/mol. The molecular formula is C12H14F3NO2. The van der Waals surface area contributed by atoms with E-state index in [9.17, 15) is 13.2 Å². The number of anilines is 1. The molecule has 0 aromatic heterocycles. The van der Waals surface area contributed by atoms with Crippen molar-refractivity contribution in [2.24, 2.45) is 0 Å². The van der Waals surface area contributed by atoms with Gasteiger partial charge < -0.3 is 15.2 Å². The van der Waals surface area contributed by atoms with Crippen LogP contribution >= 0.6 is 0 Å². The molecule has 0 radical (unpaired) electrons. The topological polar surface area (TPSA) is 41.5 Å². The molecule has 0 heterocycles.